The number of sulfonamides is 1. The molecule has 3 rings (SSSR count). The Morgan fingerprint density at radius 1 is 1.33 bits per heavy atom. The Labute approximate surface area is 156 Å². The van der Waals surface area contributed by atoms with Gasteiger partial charge in [0.05, 0.1) is 11.3 Å². The third-order valence-electron chi connectivity index (χ3n) is 3.99. The van der Waals surface area contributed by atoms with Crippen molar-refractivity contribution in [2.45, 2.75) is 13.8 Å². The molecular weight excluding hydrogens is 372 g/mol. The fraction of sp³-hybridized carbons (Fsp3) is 0.222. The summed E-state index contributed by atoms with van der Waals surface area (Å²) in [6, 6.07) is 9.09. The van der Waals surface area contributed by atoms with E-state index in [9.17, 15) is 18.3 Å². The average Bonchev–Trinajstić information content (AvgIpc) is 2.96. The number of fused-ring (bicyclic) bond motifs is 1. The van der Waals surface area contributed by atoms with Gasteiger partial charge in [-0.1, -0.05) is 18.2 Å². The summed E-state index contributed by atoms with van der Waals surface area (Å²) in [7, 11) is -2.45. The van der Waals surface area contributed by atoms with E-state index in [1.165, 1.54) is 20.2 Å². The van der Waals surface area contributed by atoms with Crippen molar-refractivity contribution in [1.82, 2.24) is 4.98 Å². The summed E-state index contributed by atoms with van der Waals surface area (Å²) in [5.74, 6) is -2.08. The van der Waals surface area contributed by atoms with Crippen LogP contribution in [0.15, 0.2) is 40.9 Å². The second-order valence-corrected chi connectivity index (χ2v) is 8.08. The Balaban J connectivity index is 2.19. The van der Waals surface area contributed by atoms with Gasteiger partial charge in [0, 0.05) is 31.1 Å². The first kappa shape index (κ1) is 18.7. The first-order valence-electron chi connectivity index (χ1n) is 8.10. The van der Waals surface area contributed by atoms with Crippen molar-refractivity contribution in [2.24, 2.45) is 0 Å². The molecule has 3 aromatic rings. The quantitative estimate of drug-likeness (QED) is 0.667. The summed E-state index contributed by atoms with van der Waals surface area (Å²) in [6.07, 6.45) is 1.48. The molecule has 142 valence electrons. The standard InChI is InChI=1S/C18H18N2O6S/c1-4-27(23,24)20(3)18-17(25-11(2)21)15(22)16(26-18)13-9-12-7-5-6-8-14(12)19-10-13/h5-10,22H,4H2,1-3H3. The number of benzene rings is 1. The molecule has 1 aromatic carbocycles. The number of carbonyl (C=O) groups excluding carboxylic acids is 1. The predicted molar refractivity (Wildman–Crippen MR) is 100 cm³/mol. The third-order valence-corrected chi connectivity index (χ3v) is 5.72. The average molecular weight is 390 g/mol. The molecule has 0 spiro atoms. The summed E-state index contributed by atoms with van der Waals surface area (Å²) in [5, 5.41) is 11.4. The predicted octanol–water partition coefficient (Wildman–Crippen LogP) is 2.91. The maximum Gasteiger partial charge on any atom is 0.308 e. The Hall–Kier alpha value is -3.07. The Morgan fingerprint density at radius 3 is 2.70 bits per heavy atom. The van der Waals surface area contributed by atoms with E-state index in [0.717, 1.165) is 22.1 Å². The van der Waals surface area contributed by atoms with E-state index in [1.807, 2.05) is 24.3 Å². The number of hydrogen-bond acceptors (Lipinski definition) is 7. The topological polar surface area (TPSA) is 110 Å². The molecule has 0 radical (unpaired) electrons. The van der Waals surface area contributed by atoms with Gasteiger partial charge in [0.2, 0.25) is 21.5 Å². The normalized spacial score (nSPS) is 11.5. The minimum atomic E-state index is -3.71. The smallest absolute Gasteiger partial charge is 0.308 e. The molecule has 0 atom stereocenters. The van der Waals surface area contributed by atoms with Crippen LogP contribution in [0.2, 0.25) is 0 Å². The van der Waals surface area contributed by atoms with Crippen LogP contribution >= 0.6 is 0 Å². The van der Waals surface area contributed by atoms with Gasteiger partial charge in [-0.25, -0.2) is 12.7 Å². The number of hydrogen-bond donors (Lipinski definition) is 1. The van der Waals surface area contributed by atoms with Gasteiger partial charge in [-0.2, -0.15) is 0 Å². The van der Waals surface area contributed by atoms with E-state index >= 15 is 0 Å². The van der Waals surface area contributed by atoms with Crippen molar-refractivity contribution in [1.29, 1.82) is 0 Å². The molecule has 0 unspecified atom stereocenters. The van der Waals surface area contributed by atoms with E-state index in [0.29, 0.717) is 5.56 Å². The highest BCUT2D eigenvalue weighted by Crippen LogP contribution is 2.48. The lowest BCUT2D eigenvalue weighted by molar-refractivity contribution is -0.132. The van der Waals surface area contributed by atoms with Crippen LogP contribution in [0.25, 0.3) is 22.2 Å². The van der Waals surface area contributed by atoms with E-state index in [-0.39, 0.29) is 23.1 Å². The number of para-hydroxylation sites is 1. The van der Waals surface area contributed by atoms with Crippen LogP contribution < -0.4 is 9.04 Å². The summed E-state index contributed by atoms with van der Waals surface area (Å²) in [4.78, 5) is 15.7. The van der Waals surface area contributed by atoms with E-state index < -0.39 is 21.7 Å². The molecule has 8 nitrogen and oxygen atoms in total. The first-order chi connectivity index (χ1) is 12.7. The highest BCUT2D eigenvalue weighted by atomic mass is 32.2. The fourth-order valence-corrected chi connectivity index (χ4v) is 3.31. The molecule has 0 bridgehead atoms. The molecule has 27 heavy (non-hydrogen) atoms. The van der Waals surface area contributed by atoms with Crippen LogP contribution in [0.3, 0.4) is 0 Å². The van der Waals surface area contributed by atoms with Crippen LogP contribution in [-0.4, -0.2) is 37.3 Å². The number of anilines is 1. The third kappa shape index (κ3) is 3.45. The van der Waals surface area contributed by atoms with Crippen molar-refractivity contribution in [3.63, 3.8) is 0 Å². The van der Waals surface area contributed by atoms with Crippen molar-refractivity contribution in [3.05, 3.63) is 36.5 Å². The summed E-state index contributed by atoms with van der Waals surface area (Å²) in [6.45, 7) is 2.61. The van der Waals surface area contributed by atoms with E-state index in [2.05, 4.69) is 4.98 Å². The zero-order valence-corrected chi connectivity index (χ0v) is 15.8. The zero-order chi connectivity index (χ0) is 19.8. The Morgan fingerprint density at radius 2 is 2.04 bits per heavy atom. The Bertz CT molecular complexity index is 1120. The van der Waals surface area contributed by atoms with Crippen LogP contribution in [0.5, 0.6) is 11.5 Å². The maximum atomic E-state index is 12.2. The van der Waals surface area contributed by atoms with Crippen molar-refractivity contribution in [3.8, 4) is 22.8 Å². The number of carbonyl (C=O) groups is 1. The van der Waals surface area contributed by atoms with Crippen molar-refractivity contribution in [2.75, 3.05) is 17.1 Å². The summed E-state index contributed by atoms with van der Waals surface area (Å²) in [5.41, 5.74) is 1.16. The first-order valence-corrected chi connectivity index (χ1v) is 9.71. The fourth-order valence-electron chi connectivity index (χ4n) is 2.55. The van der Waals surface area contributed by atoms with Gasteiger partial charge in [0.1, 0.15) is 0 Å². The zero-order valence-electron chi connectivity index (χ0n) is 15.0. The molecule has 2 aromatic heterocycles. The minimum absolute atomic E-state index is 0.0438. The number of aromatic nitrogens is 1. The molecule has 0 amide bonds. The molecule has 1 N–H and O–H groups in total. The van der Waals surface area contributed by atoms with Crippen LogP contribution in [0.1, 0.15) is 13.8 Å². The monoisotopic (exact) mass is 390 g/mol. The molecule has 0 saturated carbocycles. The molecule has 9 heteroatoms. The lowest BCUT2D eigenvalue weighted by Crippen LogP contribution is -2.28. The number of pyridine rings is 1. The molecule has 0 aliphatic carbocycles. The van der Waals surface area contributed by atoms with Crippen LogP contribution in [0.4, 0.5) is 5.88 Å². The van der Waals surface area contributed by atoms with Crippen LogP contribution in [-0.2, 0) is 14.8 Å². The number of aromatic hydroxyl groups is 1. The number of ether oxygens (including phenoxy) is 1. The van der Waals surface area contributed by atoms with E-state index in [1.54, 1.807) is 6.07 Å². The van der Waals surface area contributed by atoms with Crippen molar-refractivity contribution >= 4 is 32.8 Å². The Kier molecular flexibility index (Phi) is 4.79. The molecule has 0 saturated heterocycles. The maximum absolute atomic E-state index is 12.2. The van der Waals surface area contributed by atoms with Gasteiger partial charge in [0.15, 0.2) is 5.76 Å². The van der Waals surface area contributed by atoms with Gasteiger partial charge >= 0.3 is 5.97 Å². The number of esters is 1. The second kappa shape index (κ2) is 6.92. The summed E-state index contributed by atoms with van der Waals surface area (Å²) >= 11 is 0. The second-order valence-electron chi connectivity index (χ2n) is 5.79. The van der Waals surface area contributed by atoms with Crippen molar-refractivity contribution < 1.29 is 27.5 Å². The molecule has 0 fully saturated rings. The van der Waals surface area contributed by atoms with Gasteiger partial charge in [0.25, 0.3) is 5.88 Å². The molecule has 0 aliphatic heterocycles. The molecular formula is C18H18N2O6S. The lowest BCUT2D eigenvalue weighted by atomic mass is 10.1. The van der Waals surface area contributed by atoms with Crippen LogP contribution in [0, 0.1) is 0 Å². The molecule has 2 heterocycles. The van der Waals surface area contributed by atoms with Gasteiger partial charge in [-0.15, -0.1) is 0 Å². The van der Waals surface area contributed by atoms with Gasteiger partial charge < -0.3 is 14.3 Å². The highest BCUT2D eigenvalue weighted by molar-refractivity contribution is 7.92. The largest absolute Gasteiger partial charge is 0.502 e. The highest BCUT2D eigenvalue weighted by Gasteiger charge is 2.31. The number of furan rings is 1. The SMILES string of the molecule is CCS(=O)(=O)N(C)c1oc(-c2cnc3ccccc3c2)c(O)c1OC(C)=O. The van der Waals surface area contributed by atoms with E-state index in [4.69, 9.17) is 9.15 Å². The minimum Gasteiger partial charge on any atom is -0.502 e. The molecule has 0 aliphatic rings. The van der Waals surface area contributed by atoms with Gasteiger partial charge in [-0.3, -0.25) is 9.78 Å². The lowest BCUT2D eigenvalue weighted by Gasteiger charge is -2.16. The number of nitrogens with zero attached hydrogens (tertiary/aromatic N) is 2. The van der Waals surface area contributed by atoms with Gasteiger partial charge in [-0.05, 0) is 19.1 Å². The summed E-state index contributed by atoms with van der Waals surface area (Å²) < 4.78 is 35.9. The number of rotatable bonds is 5.